The first-order valence-electron chi connectivity index (χ1n) is 13.7. The molecule has 0 fully saturated rings. The minimum absolute atomic E-state index is 0.0928. The Hall–Kier alpha value is -2.91. The highest BCUT2D eigenvalue weighted by Crippen LogP contribution is 2.37. The quantitative estimate of drug-likeness (QED) is 0.226. The molecule has 0 aliphatic carbocycles. The molecule has 0 bridgehead atoms. The third-order valence-electron chi connectivity index (χ3n) is 6.74. The number of aromatic nitrogens is 2. The van der Waals surface area contributed by atoms with Crippen molar-refractivity contribution in [3.8, 4) is 11.4 Å². The van der Waals surface area contributed by atoms with E-state index in [9.17, 15) is 0 Å². The molecule has 0 atom stereocenters. The lowest BCUT2D eigenvalue weighted by Crippen LogP contribution is -2.10. The van der Waals surface area contributed by atoms with E-state index in [1.54, 1.807) is 11.3 Å². The Labute approximate surface area is 216 Å². The summed E-state index contributed by atoms with van der Waals surface area (Å²) in [7, 11) is 0. The van der Waals surface area contributed by atoms with Gasteiger partial charge in [0.15, 0.2) is 0 Å². The van der Waals surface area contributed by atoms with Crippen molar-refractivity contribution in [1.29, 1.82) is 0 Å². The highest BCUT2D eigenvalue weighted by Gasteiger charge is 2.20. The second kappa shape index (κ2) is 9.62. The Kier molecular flexibility index (Phi) is 5.88. The van der Waals surface area contributed by atoms with Crippen molar-refractivity contribution in [3.05, 3.63) is 88.3 Å². The molecule has 3 aromatic carbocycles. The third kappa shape index (κ3) is 4.54. The van der Waals surface area contributed by atoms with Crippen LogP contribution >= 0.6 is 11.3 Å². The molecule has 2 heterocycles. The predicted octanol–water partition coefficient (Wildman–Crippen LogP) is 9.41. The fraction of sp³-hybridized carbons (Fsp3) is 0.344. The normalized spacial score (nSPS) is 13.4. The van der Waals surface area contributed by atoms with Gasteiger partial charge in [0.25, 0.3) is 0 Å². The molecular weight excluding hydrogens is 444 g/mol. The summed E-state index contributed by atoms with van der Waals surface area (Å²) >= 11 is 1.67. The summed E-state index contributed by atoms with van der Waals surface area (Å²) in [4.78, 5) is 5.15. The molecule has 180 valence electrons. The number of thiophene rings is 1. The summed E-state index contributed by atoms with van der Waals surface area (Å²) in [5, 5.41) is 3.32. The third-order valence-corrected chi connectivity index (χ3v) is 7.68. The molecule has 0 saturated heterocycles. The van der Waals surface area contributed by atoms with Crippen LogP contribution < -0.4 is 0 Å². The highest BCUT2D eigenvalue weighted by molar-refractivity contribution is 7.17. The van der Waals surface area contributed by atoms with E-state index in [0.29, 0.717) is 11.8 Å². The van der Waals surface area contributed by atoms with Crippen LogP contribution in [-0.4, -0.2) is 9.55 Å². The average Bonchev–Trinajstić information content (AvgIpc) is 3.44. The molecule has 0 radical (unpaired) electrons. The van der Waals surface area contributed by atoms with Crippen LogP contribution in [0, 0.1) is 5.92 Å². The van der Waals surface area contributed by atoms with E-state index in [4.69, 9.17) is 7.73 Å². The maximum atomic E-state index is 8.56. The largest absolute Gasteiger partial charge is 0.319 e. The molecular formula is C32H36N2S. The van der Waals surface area contributed by atoms with Crippen LogP contribution in [-0.2, 0) is 12.9 Å². The summed E-state index contributed by atoms with van der Waals surface area (Å²) < 4.78 is 20.6. The molecule has 2 aromatic heterocycles. The predicted molar refractivity (Wildman–Crippen MR) is 153 cm³/mol. The Morgan fingerprint density at radius 2 is 1.60 bits per heavy atom. The number of benzene rings is 3. The van der Waals surface area contributed by atoms with Crippen molar-refractivity contribution in [1.82, 2.24) is 9.55 Å². The standard InChI is InChI=1S/C32H36N2S/c1-20(2)16-23-14-15-26-28(19-35-31(26)17-23)32-33-29-12-7-8-13-30(29)34(32)18-27-24(21(3)4)10-9-11-25(27)22(5)6/h7-15,17,19-22H,16,18H2,1-6H3/i16D2. The maximum absolute atomic E-state index is 8.56. The van der Waals surface area contributed by atoms with Crippen molar-refractivity contribution >= 4 is 32.5 Å². The van der Waals surface area contributed by atoms with Gasteiger partial charge in [-0.25, -0.2) is 4.98 Å². The van der Waals surface area contributed by atoms with E-state index in [2.05, 4.69) is 86.2 Å². The molecule has 0 aliphatic rings. The number of hydrogen-bond acceptors (Lipinski definition) is 2. The number of nitrogens with zero attached hydrogens (tertiary/aromatic N) is 2. The van der Waals surface area contributed by atoms with Gasteiger partial charge in [-0.3, -0.25) is 0 Å². The molecule has 0 N–H and O–H groups in total. The van der Waals surface area contributed by atoms with Crippen LogP contribution in [0.3, 0.4) is 0 Å². The lowest BCUT2D eigenvalue weighted by atomic mass is 9.88. The van der Waals surface area contributed by atoms with E-state index in [0.717, 1.165) is 44.6 Å². The monoisotopic (exact) mass is 482 g/mol. The van der Waals surface area contributed by atoms with Gasteiger partial charge in [-0.05, 0) is 64.6 Å². The van der Waals surface area contributed by atoms with Crippen LogP contribution in [0.2, 0.25) is 0 Å². The average molecular weight is 483 g/mol. The van der Waals surface area contributed by atoms with Gasteiger partial charge in [0, 0.05) is 23.8 Å². The Bertz CT molecular complexity index is 1550. The first-order chi connectivity index (χ1) is 17.6. The molecule has 3 heteroatoms. The number of fused-ring (bicyclic) bond motifs is 2. The Balaban J connectivity index is 1.70. The number of para-hydroxylation sites is 2. The highest BCUT2D eigenvalue weighted by atomic mass is 32.1. The molecule has 0 unspecified atom stereocenters. The Morgan fingerprint density at radius 1 is 0.886 bits per heavy atom. The SMILES string of the molecule is [2H]C([2H])(c1ccc2c(-c3nc4ccccc4n3Cc3c(C(C)C)cccc3C(C)C)csc2c1)C(C)C. The van der Waals surface area contributed by atoms with Crippen LogP contribution in [0.4, 0.5) is 0 Å². The second-order valence-electron chi connectivity index (χ2n) is 10.4. The molecule has 35 heavy (non-hydrogen) atoms. The molecule has 0 amide bonds. The van der Waals surface area contributed by atoms with Crippen molar-refractivity contribution in [2.45, 2.75) is 66.3 Å². The van der Waals surface area contributed by atoms with Gasteiger partial charge >= 0.3 is 0 Å². The van der Waals surface area contributed by atoms with Crippen molar-refractivity contribution in [2.24, 2.45) is 5.92 Å². The van der Waals surface area contributed by atoms with Crippen molar-refractivity contribution < 1.29 is 2.74 Å². The minimum Gasteiger partial charge on any atom is -0.319 e. The second-order valence-corrected chi connectivity index (χ2v) is 11.3. The van der Waals surface area contributed by atoms with Crippen molar-refractivity contribution in [2.75, 3.05) is 0 Å². The first kappa shape index (κ1) is 21.4. The zero-order chi connectivity index (χ0) is 26.5. The zero-order valence-electron chi connectivity index (χ0n) is 23.6. The van der Waals surface area contributed by atoms with E-state index in [-0.39, 0.29) is 5.92 Å². The van der Waals surface area contributed by atoms with Crippen molar-refractivity contribution in [3.63, 3.8) is 0 Å². The molecule has 2 nitrogen and oxygen atoms in total. The van der Waals surface area contributed by atoms with Gasteiger partial charge in [0.05, 0.1) is 17.6 Å². The van der Waals surface area contributed by atoms with Crippen LogP contribution in [0.1, 0.15) is 78.4 Å². The summed E-state index contributed by atoms with van der Waals surface area (Å²) in [6.45, 7) is 13.7. The van der Waals surface area contributed by atoms with Gasteiger partial charge in [0.1, 0.15) is 5.82 Å². The zero-order valence-corrected chi connectivity index (χ0v) is 22.4. The maximum Gasteiger partial charge on any atom is 0.142 e. The van der Waals surface area contributed by atoms with Gasteiger partial charge in [-0.1, -0.05) is 84.0 Å². The minimum atomic E-state index is -1.36. The number of imidazole rings is 1. The summed E-state index contributed by atoms with van der Waals surface area (Å²) in [6.07, 6.45) is -1.36. The molecule has 0 aliphatic heterocycles. The molecule has 0 spiro atoms. The lowest BCUT2D eigenvalue weighted by Gasteiger charge is -2.21. The summed E-state index contributed by atoms with van der Waals surface area (Å²) in [6, 6.07) is 21.2. The molecule has 5 rings (SSSR count). The smallest absolute Gasteiger partial charge is 0.142 e. The van der Waals surface area contributed by atoms with Crippen LogP contribution in [0.5, 0.6) is 0 Å². The fourth-order valence-electron chi connectivity index (χ4n) is 5.11. The molecule has 5 aromatic rings. The van der Waals surface area contributed by atoms with Gasteiger partial charge in [0.2, 0.25) is 0 Å². The summed E-state index contributed by atoms with van der Waals surface area (Å²) in [5.41, 5.74) is 8.17. The first-order valence-corrected chi connectivity index (χ1v) is 13.6. The summed E-state index contributed by atoms with van der Waals surface area (Å²) in [5.74, 6) is 1.75. The van der Waals surface area contributed by atoms with Gasteiger partial charge in [-0.15, -0.1) is 11.3 Å². The topological polar surface area (TPSA) is 17.8 Å². The van der Waals surface area contributed by atoms with Crippen LogP contribution in [0.15, 0.2) is 66.0 Å². The van der Waals surface area contributed by atoms with E-state index < -0.39 is 6.37 Å². The Morgan fingerprint density at radius 3 is 2.29 bits per heavy atom. The van der Waals surface area contributed by atoms with Gasteiger partial charge in [-0.2, -0.15) is 0 Å². The van der Waals surface area contributed by atoms with E-state index in [1.165, 1.54) is 16.7 Å². The van der Waals surface area contributed by atoms with Crippen LogP contribution in [0.25, 0.3) is 32.5 Å². The lowest BCUT2D eigenvalue weighted by molar-refractivity contribution is 0.648. The number of rotatable bonds is 7. The van der Waals surface area contributed by atoms with E-state index in [1.807, 2.05) is 26.0 Å². The number of hydrogen-bond donors (Lipinski definition) is 0. The van der Waals surface area contributed by atoms with Gasteiger partial charge < -0.3 is 4.57 Å². The fourth-order valence-corrected chi connectivity index (χ4v) is 6.09. The van der Waals surface area contributed by atoms with E-state index >= 15 is 0 Å². The molecule has 0 saturated carbocycles.